The van der Waals surface area contributed by atoms with Crippen LogP contribution in [0.5, 0.6) is 11.5 Å². The number of amidine groups is 1. The topological polar surface area (TPSA) is 59.9 Å². The van der Waals surface area contributed by atoms with Gasteiger partial charge in [-0.2, -0.15) is 0 Å². The lowest BCUT2D eigenvalue weighted by molar-refractivity contribution is -0.115. The van der Waals surface area contributed by atoms with Crippen molar-refractivity contribution >= 4 is 69.4 Å². The zero-order chi connectivity index (χ0) is 24.1. The minimum Gasteiger partial charge on any atom is -0.490 e. The first kappa shape index (κ1) is 24.5. The molecule has 1 N–H and O–H groups in total. The van der Waals surface area contributed by atoms with E-state index in [1.807, 2.05) is 37.3 Å². The normalized spacial score (nSPS) is 15.6. The number of halogens is 3. The molecule has 1 aliphatic heterocycles. The summed E-state index contributed by atoms with van der Waals surface area (Å²) >= 11 is 20.0. The van der Waals surface area contributed by atoms with Crippen molar-refractivity contribution in [1.82, 2.24) is 5.32 Å². The molecule has 1 amide bonds. The maximum absolute atomic E-state index is 12.5. The van der Waals surface area contributed by atoms with Gasteiger partial charge in [0.2, 0.25) is 0 Å². The van der Waals surface area contributed by atoms with Gasteiger partial charge in [-0.3, -0.25) is 4.79 Å². The Morgan fingerprint density at radius 3 is 2.53 bits per heavy atom. The molecule has 3 aromatic rings. The monoisotopic (exact) mass is 532 g/mol. The molecule has 5 nitrogen and oxygen atoms in total. The summed E-state index contributed by atoms with van der Waals surface area (Å²) in [7, 11) is 0. The Balaban J connectivity index is 1.56. The van der Waals surface area contributed by atoms with E-state index in [1.165, 1.54) is 11.8 Å². The second-order valence-corrected chi connectivity index (χ2v) is 9.39. The van der Waals surface area contributed by atoms with E-state index in [2.05, 4.69) is 10.3 Å². The Hall–Kier alpha value is -2.64. The second kappa shape index (κ2) is 11.2. The first-order chi connectivity index (χ1) is 16.4. The Labute approximate surface area is 216 Å². The van der Waals surface area contributed by atoms with E-state index in [9.17, 15) is 4.79 Å². The van der Waals surface area contributed by atoms with Crippen molar-refractivity contribution in [3.8, 4) is 11.5 Å². The number of benzene rings is 3. The average molecular weight is 534 g/mol. The van der Waals surface area contributed by atoms with Gasteiger partial charge in [0.25, 0.3) is 5.91 Å². The van der Waals surface area contributed by atoms with Gasteiger partial charge >= 0.3 is 0 Å². The molecule has 0 saturated carbocycles. The molecule has 3 aromatic carbocycles. The van der Waals surface area contributed by atoms with Crippen LogP contribution < -0.4 is 14.8 Å². The molecule has 1 fully saturated rings. The molecule has 0 bridgehead atoms. The molecule has 0 aliphatic carbocycles. The van der Waals surface area contributed by atoms with Gasteiger partial charge in [-0.15, -0.1) is 0 Å². The molecule has 34 heavy (non-hydrogen) atoms. The van der Waals surface area contributed by atoms with Crippen LogP contribution in [-0.2, 0) is 11.4 Å². The van der Waals surface area contributed by atoms with Gasteiger partial charge in [-0.25, -0.2) is 4.99 Å². The molecule has 1 heterocycles. The fourth-order valence-electron chi connectivity index (χ4n) is 3.11. The van der Waals surface area contributed by atoms with Crippen molar-refractivity contribution in [2.45, 2.75) is 13.5 Å². The zero-order valence-electron chi connectivity index (χ0n) is 18.0. The third-order valence-corrected chi connectivity index (χ3v) is 6.43. The van der Waals surface area contributed by atoms with Gasteiger partial charge in [0, 0.05) is 15.6 Å². The summed E-state index contributed by atoms with van der Waals surface area (Å²) in [6.07, 6.45) is 1.74. The summed E-state index contributed by atoms with van der Waals surface area (Å²) in [5.74, 6) is 0.631. The lowest BCUT2D eigenvalue weighted by Gasteiger charge is -2.15. The molecule has 1 aliphatic rings. The van der Waals surface area contributed by atoms with Crippen molar-refractivity contribution in [2.24, 2.45) is 4.99 Å². The van der Waals surface area contributed by atoms with Crippen LogP contribution in [0.2, 0.25) is 15.1 Å². The second-order valence-electron chi connectivity index (χ2n) is 7.10. The number of amides is 1. The molecule has 0 unspecified atom stereocenters. The molecule has 0 spiro atoms. The molecule has 174 valence electrons. The first-order valence-electron chi connectivity index (χ1n) is 10.3. The van der Waals surface area contributed by atoms with Crippen LogP contribution in [0.25, 0.3) is 6.08 Å². The van der Waals surface area contributed by atoms with Crippen LogP contribution in [0.3, 0.4) is 0 Å². The van der Waals surface area contributed by atoms with Gasteiger partial charge in [0.05, 0.1) is 22.2 Å². The van der Waals surface area contributed by atoms with Crippen LogP contribution >= 0.6 is 46.6 Å². The summed E-state index contributed by atoms with van der Waals surface area (Å²) in [4.78, 5) is 17.4. The summed E-state index contributed by atoms with van der Waals surface area (Å²) < 4.78 is 11.7. The number of ether oxygens (including phenoxy) is 2. The SMILES string of the molecule is CCOc1cc(/C=C2\SC(=Nc3ccccc3)NC2=O)cc(Cl)c1OCc1ccc(Cl)cc1Cl. The molecule has 0 radical (unpaired) electrons. The molecule has 0 atom stereocenters. The maximum atomic E-state index is 12.5. The standard InChI is InChI=1S/C25H19Cl3N2O3S/c1-2-32-21-11-15(10-20(28)23(21)33-14-16-8-9-17(26)13-19(16)27)12-22-24(31)30-25(34-22)29-18-6-4-3-5-7-18/h3-13H,2,14H2,1H3,(H,29,30,31)/b22-12-. The molecular formula is C25H19Cl3N2O3S. The number of nitrogens with one attached hydrogen (secondary N) is 1. The maximum Gasteiger partial charge on any atom is 0.264 e. The van der Waals surface area contributed by atoms with Crippen LogP contribution in [0.15, 0.2) is 70.6 Å². The van der Waals surface area contributed by atoms with E-state index in [1.54, 1.807) is 36.4 Å². The van der Waals surface area contributed by atoms with Crippen molar-refractivity contribution < 1.29 is 14.3 Å². The Kier molecular flexibility index (Phi) is 8.06. The van der Waals surface area contributed by atoms with E-state index in [0.717, 1.165) is 11.3 Å². The van der Waals surface area contributed by atoms with Crippen LogP contribution in [-0.4, -0.2) is 17.7 Å². The quantitative estimate of drug-likeness (QED) is 0.319. The van der Waals surface area contributed by atoms with Gasteiger partial charge in [-0.05, 0) is 66.7 Å². The zero-order valence-corrected chi connectivity index (χ0v) is 21.1. The van der Waals surface area contributed by atoms with Gasteiger partial charge < -0.3 is 14.8 Å². The number of para-hydroxylation sites is 1. The van der Waals surface area contributed by atoms with E-state index >= 15 is 0 Å². The van der Waals surface area contributed by atoms with Crippen LogP contribution in [0, 0.1) is 0 Å². The highest BCUT2D eigenvalue weighted by Crippen LogP contribution is 2.39. The number of hydrogen-bond donors (Lipinski definition) is 1. The summed E-state index contributed by atoms with van der Waals surface area (Å²) in [5.41, 5.74) is 2.22. The lowest BCUT2D eigenvalue weighted by atomic mass is 10.1. The van der Waals surface area contributed by atoms with Gasteiger partial charge in [0.15, 0.2) is 16.7 Å². The molecule has 9 heteroatoms. The molecule has 0 aromatic heterocycles. The van der Waals surface area contributed by atoms with Gasteiger partial charge in [0.1, 0.15) is 6.61 Å². The number of hydrogen-bond acceptors (Lipinski definition) is 5. The fourth-order valence-corrected chi connectivity index (χ4v) is 4.69. The Morgan fingerprint density at radius 1 is 1.00 bits per heavy atom. The van der Waals surface area contributed by atoms with Crippen molar-refractivity contribution in [2.75, 3.05) is 6.61 Å². The number of rotatable bonds is 7. The number of carbonyl (C=O) groups excluding carboxylic acids is 1. The smallest absolute Gasteiger partial charge is 0.264 e. The highest BCUT2D eigenvalue weighted by molar-refractivity contribution is 8.18. The third-order valence-electron chi connectivity index (χ3n) is 4.65. The average Bonchev–Trinajstić information content (AvgIpc) is 3.13. The van der Waals surface area contributed by atoms with E-state index < -0.39 is 0 Å². The summed E-state index contributed by atoms with van der Waals surface area (Å²) in [6.45, 7) is 2.47. The lowest BCUT2D eigenvalue weighted by Crippen LogP contribution is -2.19. The van der Waals surface area contributed by atoms with E-state index in [-0.39, 0.29) is 12.5 Å². The Bertz CT molecular complexity index is 1280. The highest BCUT2D eigenvalue weighted by atomic mass is 35.5. The molecule has 4 rings (SSSR count). The predicted molar refractivity (Wildman–Crippen MR) is 141 cm³/mol. The minimum absolute atomic E-state index is 0.188. The fraction of sp³-hybridized carbons (Fsp3) is 0.120. The van der Waals surface area contributed by atoms with Gasteiger partial charge in [-0.1, -0.05) is 59.1 Å². The molecular weight excluding hydrogens is 515 g/mol. The third kappa shape index (κ3) is 6.07. The van der Waals surface area contributed by atoms with Crippen molar-refractivity contribution in [3.05, 3.63) is 91.8 Å². The highest BCUT2D eigenvalue weighted by Gasteiger charge is 2.24. The first-order valence-corrected chi connectivity index (χ1v) is 12.3. The van der Waals surface area contributed by atoms with Crippen LogP contribution in [0.1, 0.15) is 18.1 Å². The Morgan fingerprint density at radius 2 is 1.79 bits per heavy atom. The van der Waals surface area contributed by atoms with Crippen LogP contribution in [0.4, 0.5) is 5.69 Å². The van der Waals surface area contributed by atoms with E-state index in [0.29, 0.717) is 48.8 Å². The van der Waals surface area contributed by atoms with E-state index in [4.69, 9.17) is 44.3 Å². The number of carbonyl (C=O) groups is 1. The van der Waals surface area contributed by atoms with Crippen molar-refractivity contribution in [3.63, 3.8) is 0 Å². The number of aliphatic imine (C=N–C) groups is 1. The summed E-state index contributed by atoms with van der Waals surface area (Å²) in [5, 5.41) is 4.69. The molecule has 1 saturated heterocycles. The number of thioether (sulfide) groups is 1. The predicted octanol–water partition coefficient (Wildman–Crippen LogP) is 7.52. The minimum atomic E-state index is -0.230. The largest absolute Gasteiger partial charge is 0.490 e. The van der Waals surface area contributed by atoms with Crippen molar-refractivity contribution in [1.29, 1.82) is 0 Å². The number of nitrogens with zero attached hydrogens (tertiary/aromatic N) is 1. The summed E-state index contributed by atoms with van der Waals surface area (Å²) in [6, 6.07) is 18.1.